The highest BCUT2D eigenvalue weighted by atomic mass is 32.1. The van der Waals surface area contributed by atoms with Crippen molar-refractivity contribution in [3.05, 3.63) is 27.5 Å². The van der Waals surface area contributed by atoms with Crippen LogP contribution in [0, 0.1) is 30.2 Å². The summed E-state index contributed by atoms with van der Waals surface area (Å²) in [6.45, 7) is 8.41. The lowest BCUT2D eigenvalue weighted by atomic mass is 10.2. The molecule has 4 nitrogen and oxygen atoms in total. The van der Waals surface area contributed by atoms with Crippen LogP contribution in [0.15, 0.2) is 0 Å². The van der Waals surface area contributed by atoms with Crippen molar-refractivity contribution < 1.29 is 0 Å². The highest BCUT2D eigenvalue weighted by Gasteiger charge is 2.23. The smallest absolute Gasteiger partial charge is 0.226 e. The minimum atomic E-state index is 0.209. The molecule has 0 saturated carbocycles. The standard InChI is InChI=1S/C7H3N4S/c1-4-5(3-8)7(11-9)12-6(4)10-2/h1H3/q+1. The maximum absolute atomic E-state index is 8.62. The molecule has 0 atom stereocenters. The third-order valence-electron chi connectivity index (χ3n) is 1.41. The fourth-order valence-electron chi connectivity index (χ4n) is 0.795. The molecular weight excluding hydrogens is 172 g/mol. The summed E-state index contributed by atoms with van der Waals surface area (Å²) in [5, 5.41) is 17.7. The average Bonchev–Trinajstić information content (AvgIpc) is 2.41. The van der Waals surface area contributed by atoms with Gasteiger partial charge in [0.25, 0.3) is 5.00 Å². The monoisotopic (exact) mass is 175 g/mol. The molecule has 12 heavy (non-hydrogen) atoms. The highest BCUT2D eigenvalue weighted by molar-refractivity contribution is 7.20. The second-order valence-corrected chi connectivity index (χ2v) is 3.01. The van der Waals surface area contributed by atoms with Crippen LogP contribution < -0.4 is 0 Å². The SMILES string of the molecule is [C-]#[N+]c1sc([N+]#N)c(C#N)c1C. The summed E-state index contributed by atoms with van der Waals surface area (Å²) < 4.78 is 0. The molecule has 1 heterocycles. The summed E-state index contributed by atoms with van der Waals surface area (Å²) in [6, 6.07) is 1.88. The number of nitrogens with zero attached hydrogens (tertiary/aromatic N) is 4. The maximum Gasteiger partial charge on any atom is 0.446 e. The highest BCUT2D eigenvalue weighted by Crippen LogP contribution is 2.40. The molecule has 0 amide bonds. The second kappa shape index (κ2) is 3.00. The van der Waals surface area contributed by atoms with Gasteiger partial charge in [0, 0.05) is 0 Å². The van der Waals surface area contributed by atoms with E-state index < -0.39 is 0 Å². The van der Waals surface area contributed by atoms with Crippen LogP contribution in [0.3, 0.4) is 0 Å². The van der Waals surface area contributed by atoms with E-state index in [1.165, 1.54) is 0 Å². The van der Waals surface area contributed by atoms with E-state index in [4.69, 9.17) is 17.2 Å². The van der Waals surface area contributed by atoms with Crippen LogP contribution in [-0.4, -0.2) is 0 Å². The molecular formula is C7H3N4S+. The van der Waals surface area contributed by atoms with E-state index >= 15 is 0 Å². The average molecular weight is 175 g/mol. The first kappa shape index (κ1) is 8.20. The van der Waals surface area contributed by atoms with Gasteiger partial charge in [-0.25, -0.2) is 4.85 Å². The Hall–Kier alpha value is -1.90. The molecule has 1 rings (SSSR count). The fourth-order valence-corrected chi connectivity index (χ4v) is 1.62. The lowest BCUT2D eigenvalue weighted by Crippen LogP contribution is -1.70. The van der Waals surface area contributed by atoms with Crippen LogP contribution in [0.4, 0.5) is 10.0 Å². The topological polar surface area (TPSA) is 56.3 Å². The van der Waals surface area contributed by atoms with E-state index in [1.807, 2.05) is 6.07 Å². The Bertz CT molecular complexity index is 438. The van der Waals surface area contributed by atoms with Gasteiger partial charge in [-0.2, -0.15) is 5.26 Å². The number of thiophene rings is 1. The Morgan fingerprint density at radius 1 is 1.50 bits per heavy atom. The molecule has 1 aromatic heterocycles. The van der Waals surface area contributed by atoms with Gasteiger partial charge in [0.2, 0.25) is 5.39 Å². The predicted octanol–water partition coefficient (Wildman–Crippen LogP) is 2.96. The van der Waals surface area contributed by atoms with E-state index in [0.717, 1.165) is 11.3 Å². The van der Waals surface area contributed by atoms with E-state index in [2.05, 4.69) is 9.82 Å². The van der Waals surface area contributed by atoms with Gasteiger partial charge >= 0.3 is 5.00 Å². The van der Waals surface area contributed by atoms with Gasteiger partial charge in [-0.1, -0.05) is 11.3 Å². The van der Waals surface area contributed by atoms with Gasteiger partial charge in [0.05, 0.1) is 6.57 Å². The van der Waals surface area contributed by atoms with Gasteiger partial charge in [-0.3, -0.25) is 0 Å². The first-order valence-electron chi connectivity index (χ1n) is 3.00. The van der Waals surface area contributed by atoms with E-state index in [-0.39, 0.29) is 10.6 Å². The van der Waals surface area contributed by atoms with Crippen molar-refractivity contribution in [2.75, 3.05) is 0 Å². The lowest BCUT2D eigenvalue weighted by molar-refractivity contribution is 1.43. The Kier molecular flexibility index (Phi) is 2.05. The zero-order chi connectivity index (χ0) is 9.14. The lowest BCUT2D eigenvalue weighted by Gasteiger charge is -1.80. The van der Waals surface area contributed by atoms with E-state index in [0.29, 0.717) is 10.6 Å². The molecule has 56 valence electrons. The van der Waals surface area contributed by atoms with Crippen LogP contribution in [0.5, 0.6) is 0 Å². The molecule has 5 heteroatoms. The molecule has 0 fully saturated rings. The van der Waals surface area contributed by atoms with Gasteiger partial charge in [0.1, 0.15) is 6.07 Å². The molecule has 0 radical (unpaired) electrons. The molecule has 1 aromatic rings. The number of nitriles is 1. The molecule has 0 unspecified atom stereocenters. The number of hydrogen-bond donors (Lipinski definition) is 0. The fraction of sp³-hybridized carbons (Fsp3) is 0.143. The van der Waals surface area contributed by atoms with Gasteiger partial charge in [-0.15, -0.1) is 0 Å². The van der Waals surface area contributed by atoms with Crippen LogP contribution in [0.25, 0.3) is 9.82 Å². The minimum Gasteiger partial charge on any atom is -0.226 e. The van der Waals surface area contributed by atoms with Crippen molar-refractivity contribution in [2.24, 2.45) is 0 Å². The summed E-state index contributed by atoms with van der Waals surface area (Å²) in [7, 11) is 0. The van der Waals surface area contributed by atoms with Crippen molar-refractivity contribution >= 4 is 21.3 Å². The second-order valence-electron chi connectivity index (χ2n) is 2.04. The first-order chi connectivity index (χ1) is 5.74. The van der Waals surface area contributed by atoms with Crippen molar-refractivity contribution in [1.29, 1.82) is 10.7 Å². The predicted molar refractivity (Wildman–Crippen MR) is 44.8 cm³/mol. The molecule has 0 N–H and O–H groups in total. The quantitative estimate of drug-likeness (QED) is 0.449. The first-order valence-corrected chi connectivity index (χ1v) is 3.82. The summed E-state index contributed by atoms with van der Waals surface area (Å²) >= 11 is 1.02. The molecule has 0 aliphatic carbocycles. The zero-order valence-electron chi connectivity index (χ0n) is 6.20. The molecule has 0 aromatic carbocycles. The number of hydrogen-bond acceptors (Lipinski definition) is 3. The van der Waals surface area contributed by atoms with Crippen molar-refractivity contribution in [3.63, 3.8) is 0 Å². The third kappa shape index (κ3) is 1.01. The molecule has 0 aliphatic rings. The van der Waals surface area contributed by atoms with Crippen LogP contribution in [-0.2, 0) is 0 Å². The van der Waals surface area contributed by atoms with E-state index in [9.17, 15) is 0 Å². The van der Waals surface area contributed by atoms with Gasteiger partial charge in [0.15, 0.2) is 10.5 Å². The Morgan fingerprint density at radius 3 is 2.50 bits per heavy atom. The molecule has 0 bridgehead atoms. The van der Waals surface area contributed by atoms with Gasteiger partial charge in [-0.05, 0) is 12.5 Å². The summed E-state index contributed by atoms with van der Waals surface area (Å²) in [4.78, 5) is 6.12. The Morgan fingerprint density at radius 2 is 2.17 bits per heavy atom. The summed E-state index contributed by atoms with van der Waals surface area (Å²) in [5.41, 5.74) is 0.874. The molecule has 0 aliphatic heterocycles. The van der Waals surface area contributed by atoms with E-state index in [1.54, 1.807) is 6.92 Å². The normalized spacial score (nSPS) is 8.17. The number of diazo groups is 1. The Labute approximate surface area is 73.1 Å². The summed E-state index contributed by atoms with van der Waals surface area (Å²) in [6.07, 6.45) is 0. The van der Waals surface area contributed by atoms with Crippen LogP contribution in [0.1, 0.15) is 11.1 Å². The minimum absolute atomic E-state index is 0.209. The maximum atomic E-state index is 8.62. The third-order valence-corrected chi connectivity index (χ3v) is 2.48. The van der Waals surface area contributed by atoms with Crippen LogP contribution >= 0.6 is 11.3 Å². The molecule has 0 saturated heterocycles. The van der Waals surface area contributed by atoms with Crippen LogP contribution in [0.2, 0.25) is 0 Å². The number of rotatable bonds is 0. The van der Waals surface area contributed by atoms with Crippen molar-refractivity contribution in [3.8, 4) is 6.07 Å². The molecule has 0 spiro atoms. The zero-order valence-corrected chi connectivity index (χ0v) is 7.01. The largest absolute Gasteiger partial charge is 0.446 e. The van der Waals surface area contributed by atoms with Crippen molar-refractivity contribution in [2.45, 2.75) is 6.92 Å². The summed E-state index contributed by atoms with van der Waals surface area (Å²) in [5.74, 6) is 0. The Balaban J connectivity index is 3.51. The van der Waals surface area contributed by atoms with Crippen molar-refractivity contribution in [1.82, 2.24) is 0 Å². The van der Waals surface area contributed by atoms with Gasteiger partial charge < -0.3 is 0 Å².